The highest BCUT2D eigenvalue weighted by Crippen LogP contribution is 2.00. The minimum atomic E-state index is -1.20. The minimum absolute atomic E-state index is 0.410. The van der Waals surface area contributed by atoms with E-state index in [1.54, 1.807) is 6.92 Å². The Labute approximate surface area is 57.2 Å². The first-order valence-corrected chi connectivity index (χ1v) is 4.07. The highest BCUT2D eigenvalue weighted by Gasteiger charge is 2.22. The lowest BCUT2D eigenvalue weighted by Gasteiger charge is -2.11. The van der Waals surface area contributed by atoms with E-state index in [2.05, 4.69) is 0 Å². The van der Waals surface area contributed by atoms with Crippen molar-refractivity contribution in [2.45, 2.75) is 19.1 Å². The average Bonchev–Trinajstić information content (AvgIpc) is 1.84. The summed E-state index contributed by atoms with van der Waals surface area (Å²) in [5.74, 6) is -0.580. The molecule has 0 aliphatic rings. The molecule has 0 rings (SSSR count). The third kappa shape index (κ3) is 2.72. The quantitative estimate of drug-likeness (QED) is 0.586. The number of carbonyl (C=O) groups is 1. The van der Waals surface area contributed by atoms with Gasteiger partial charge in [0.05, 0.1) is 0 Å². The molecule has 2 atom stereocenters. The van der Waals surface area contributed by atoms with Crippen LogP contribution in [0.4, 0.5) is 0 Å². The molecular weight excluding hydrogens is 140 g/mol. The molecule has 0 radical (unpaired) electrons. The number of hydrogen-bond donors (Lipinski definition) is 1. The number of hydrogen-bond acceptors (Lipinski definition) is 2. The van der Waals surface area contributed by atoms with E-state index < -0.39 is 22.4 Å². The molecule has 0 bridgehead atoms. The normalized spacial score (nSPS) is 16.8. The zero-order valence-corrected chi connectivity index (χ0v) is 6.27. The molecule has 0 heterocycles. The van der Waals surface area contributed by atoms with Gasteiger partial charge in [-0.25, -0.2) is 4.79 Å². The van der Waals surface area contributed by atoms with Gasteiger partial charge in [0, 0.05) is 0 Å². The summed E-state index contributed by atoms with van der Waals surface area (Å²) in [7, 11) is 0. The van der Waals surface area contributed by atoms with Crippen molar-refractivity contribution >= 4 is 17.1 Å². The first-order valence-electron chi connectivity index (χ1n) is 2.69. The molecule has 0 aliphatic carbocycles. The van der Waals surface area contributed by atoms with Crippen LogP contribution in [0.25, 0.3) is 0 Å². The Morgan fingerprint density at radius 2 is 2.33 bits per heavy atom. The van der Waals surface area contributed by atoms with Crippen molar-refractivity contribution in [3.8, 4) is 0 Å². The molecule has 0 aromatic heterocycles. The third-order valence-electron chi connectivity index (χ3n) is 1.03. The molecule has 0 fully saturated rings. The van der Waals surface area contributed by atoms with Crippen LogP contribution in [0.15, 0.2) is 0 Å². The van der Waals surface area contributed by atoms with Gasteiger partial charge >= 0.3 is 5.97 Å². The molecule has 0 saturated carbocycles. The van der Waals surface area contributed by atoms with E-state index in [1.807, 2.05) is 0 Å². The highest BCUT2D eigenvalue weighted by molar-refractivity contribution is 7.92. The van der Waals surface area contributed by atoms with Crippen molar-refractivity contribution < 1.29 is 14.5 Å². The monoisotopic (exact) mass is 150 g/mol. The van der Waals surface area contributed by atoms with E-state index in [-0.39, 0.29) is 0 Å². The fraction of sp³-hybridized carbons (Fsp3) is 0.800. The molecule has 3 nitrogen and oxygen atoms in total. The number of rotatable bonds is 3. The lowest BCUT2D eigenvalue weighted by atomic mass is 10.5. The summed E-state index contributed by atoms with van der Waals surface area (Å²) in [6.45, 7) is 3.15. The SMILES string of the molecule is CC[S+]([O-])C(C)C(=O)O. The van der Waals surface area contributed by atoms with Gasteiger partial charge in [-0.3, -0.25) is 0 Å². The van der Waals surface area contributed by atoms with Gasteiger partial charge in [-0.1, -0.05) is 0 Å². The second kappa shape index (κ2) is 3.74. The van der Waals surface area contributed by atoms with Crippen molar-refractivity contribution in [1.82, 2.24) is 0 Å². The molecule has 0 amide bonds. The molecule has 2 unspecified atom stereocenters. The Hall–Kier alpha value is -0.220. The Morgan fingerprint density at radius 3 is 2.44 bits per heavy atom. The van der Waals surface area contributed by atoms with Gasteiger partial charge in [0.25, 0.3) is 0 Å². The molecule has 0 saturated heterocycles. The Morgan fingerprint density at radius 1 is 1.89 bits per heavy atom. The van der Waals surface area contributed by atoms with Gasteiger partial charge in [-0.05, 0) is 25.0 Å². The van der Waals surface area contributed by atoms with Gasteiger partial charge < -0.3 is 9.66 Å². The van der Waals surface area contributed by atoms with Crippen molar-refractivity contribution in [3.63, 3.8) is 0 Å². The van der Waals surface area contributed by atoms with Gasteiger partial charge in [-0.2, -0.15) is 0 Å². The van der Waals surface area contributed by atoms with Crippen molar-refractivity contribution in [3.05, 3.63) is 0 Å². The lowest BCUT2D eigenvalue weighted by Crippen LogP contribution is -2.28. The topological polar surface area (TPSA) is 60.4 Å². The first kappa shape index (κ1) is 8.78. The van der Waals surface area contributed by atoms with Gasteiger partial charge in [0.1, 0.15) is 5.75 Å². The fourth-order valence-electron chi connectivity index (χ4n) is 0.362. The first-order chi connectivity index (χ1) is 4.09. The van der Waals surface area contributed by atoms with Crippen LogP contribution in [0.3, 0.4) is 0 Å². The Bertz CT molecular complexity index is 104. The van der Waals surface area contributed by atoms with E-state index in [1.165, 1.54) is 6.92 Å². The number of aliphatic carboxylic acids is 1. The van der Waals surface area contributed by atoms with Crippen molar-refractivity contribution in [2.24, 2.45) is 0 Å². The summed E-state index contributed by atoms with van der Waals surface area (Å²) in [5, 5.41) is 7.56. The molecule has 54 valence electrons. The molecule has 9 heavy (non-hydrogen) atoms. The van der Waals surface area contributed by atoms with Crippen LogP contribution < -0.4 is 0 Å². The third-order valence-corrected chi connectivity index (χ3v) is 2.59. The predicted octanol–water partition coefficient (Wildman–Crippen LogP) is 0.228. The van der Waals surface area contributed by atoms with Crippen LogP contribution >= 0.6 is 0 Å². The largest absolute Gasteiger partial charge is 0.616 e. The van der Waals surface area contributed by atoms with Crippen molar-refractivity contribution in [2.75, 3.05) is 5.75 Å². The van der Waals surface area contributed by atoms with Crippen LogP contribution in [0.5, 0.6) is 0 Å². The van der Waals surface area contributed by atoms with Gasteiger partial charge in [0.15, 0.2) is 0 Å². The maximum absolute atomic E-state index is 10.7. The van der Waals surface area contributed by atoms with Crippen LogP contribution in [0, 0.1) is 0 Å². The van der Waals surface area contributed by atoms with Crippen LogP contribution in [-0.4, -0.2) is 26.6 Å². The highest BCUT2D eigenvalue weighted by atomic mass is 32.2. The molecule has 0 aromatic carbocycles. The van der Waals surface area contributed by atoms with Crippen LogP contribution in [-0.2, 0) is 16.0 Å². The maximum Gasteiger partial charge on any atom is 0.356 e. The number of carboxylic acid groups (broad SMARTS) is 1. The maximum atomic E-state index is 10.7. The van der Waals surface area contributed by atoms with E-state index in [0.717, 1.165) is 0 Å². The lowest BCUT2D eigenvalue weighted by molar-refractivity contribution is -0.136. The molecule has 4 heteroatoms. The summed E-state index contributed by atoms with van der Waals surface area (Å²) in [6, 6.07) is 0. The molecular formula is C5H10O3S. The summed E-state index contributed by atoms with van der Waals surface area (Å²) < 4.78 is 10.7. The standard InChI is InChI=1S/C5H10O3S/c1-3-9(8)4(2)5(6)7/h4H,3H2,1-2H3,(H,6,7). The van der Waals surface area contributed by atoms with E-state index in [0.29, 0.717) is 5.75 Å². The van der Waals surface area contributed by atoms with Crippen LogP contribution in [0.2, 0.25) is 0 Å². The average molecular weight is 150 g/mol. The van der Waals surface area contributed by atoms with E-state index >= 15 is 0 Å². The predicted molar refractivity (Wildman–Crippen MR) is 35.8 cm³/mol. The Balaban J connectivity index is 3.72. The summed E-state index contributed by atoms with van der Waals surface area (Å²) in [5.41, 5.74) is 0. The molecule has 0 aromatic rings. The second-order valence-electron chi connectivity index (χ2n) is 1.65. The number of carboxylic acids is 1. The van der Waals surface area contributed by atoms with Crippen LogP contribution in [0.1, 0.15) is 13.8 Å². The summed E-state index contributed by atoms with van der Waals surface area (Å²) in [4.78, 5) is 10.1. The van der Waals surface area contributed by atoms with E-state index in [4.69, 9.17) is 5.11 Å². The second-order valence-corrected chi connectivity index (χ2v) is 3.70. The summed E-state index contributed by atoms with van der Waals surface area (Å²) >= 11 is -1.20. The zero-order valence-electron chi connectivity index (χ0n) is 5.46. The molecule has 0 aliphatic heterocycles. The summed E-state index contributed by atoms with van der Waals surface area (Å²) in [6.07, 6.45) is 0. The smallest absolute Gasteiger partial charge is 0.356 e. The Kier molecular flexibility index (Phi) is 3.65. The zero-order chi connectivity index (χ0) is 7.44. The molecule has 0 spiro atoms. The fourth-order valence-corrected chi connectivity index (χ4v) is 1.09. The van der Waals surface area contributed by atoms with Gasteiger partial charge in [-0.15, -0.1) is 0 Å². The molecule has 1 N–H and O–H groups in total. The van der Waals surface area contributed by atoms with Crippen molar-refractivity contribution in [1.29, 1.82) is 0 Å². The van der Waals surface area contributed by atoms with E-state index in [9.17, 15) is 9.35 Å². The minimum Gasteiger partial charge on any atom is -0.616 e. The van der Waals surface area contributed by atoms with Gasteiger partial charge in [0.2, 0.25) is 5.25 Å².